The smallest absolute Gasteiger partial charge is 0.505 e. The number of nitrogens with zero attached hydrogens (tertiary/aromatic N) is 2. The molecule has 1 amide bonds. The van der Waals surface area contributed by atoms with E-state index in [2.05, 4.69) is 20.2 Å². The summed E-state index contributed by atoms with van der Waals surface area (Å²) < 4.78 is 60.6. The molecular formula is C29H31F4N3O4. The summed E-state index contributed by atoms with van der Waals surface area (Å²) in [5.41, 5.74) is 5.68. The Kier molecular flexibility index (Phi) is 10.5. The van der Waals surface area contributed by atoms with Crippen molar-refractivity contribution in [2.24, 2.45) is 5.10 Å². The van der Waals surface area contributed by atoms with Gasteiger partial charge in [-0.2, -0.15) is 5.10 Å². The number of hydrogen-bond acceptors (Lipinski definition) is 6. The zero-order valence-corrected chi connectivity index (χ0v) is 22.4. The minimum Gasteiger partial charge on any atom is -0.505 e. The van der Waals surface area contributed by atoms with Gasteiger partial charge in [0, 0.05) is 18.7 Å². The van der Waals surface area contributed by atoms with Crippen LogP contribution in [0.2, 0.25) is 0 Å². The molecule has 0 radical (unpaired) electrons. The number of ether oxygens (including phenoxy) is 2. The van der Waals surface area contributed by atoms with Crippen LogP contribution in [0.5, 0.6) is 17.2 Å². The number of hydrogen-bond donors (Lipinski definition) is 2. The van der Waals surface area contributed by atoms with Crippen molar-refractivity contribution >= 4 is 12.1 Å². The number of phenolic OH excluding ortho intramolecular Hbond substituents is 1. The second kappa shape index (κ2) is 13.8. The van der Waals surface area contributed by atoms with E-state index >= 15 is 0 Å². The number of hydrazone groups is 1. The third-order valence-electron chi connectivity index (χ3n) is 5.83. The number of alkyl halides is 3. The quantitative estimate of drug-likeness (QED) is 0.159. The predicted molar refractivity (Wildman–Crippen MR) is 143 cm³/mol. The topological polar surface area (TPSA) is 83.4 Å². The second-order valence-electron chi connectivity index (χ2n) is 9.17. The van der Waals surface area contributed by atoms with E-state index in [9.17, 15) is 27.5 Å². The summed E-state index contributed by atoms with van der Waals surface area (Å²) in [6, 6.07) is 12.9. The maximum Gasteiger partial charge on any atom is 0.573 e. The summed E-state index contributed by atoms with van der Waals surface area (Å²) in [6.07, 6.45) is -2.35. The van der Waals surface area contributed by atoms with Gasteiger partial charge in [-0.05, 0) is 91.5 Å². The van der Waals surface area contributed by atoms with E-state index in [1.54, 1.807) is 12.1 Å². The third-order valence-corrected chi connectivity index (χ3v) is 5.83. The summed E-state index contributed by atoms with van der Waals surface area (Å²) in [4.78, 5) is 14.3. The number of amides is 1. The number of carbonyl (C=O) groups excluding carboxylic acids is 1. The molecule has 40 heavy (non-hydrogen) atoms. The molecule has 0 saturated heterocycles. The molecule has 11 heteroatoms. The molecule has 3 aromatic rings. The van der Waals surface area contributed by atoms with Crippen molar-refractivity contribution in [1.29, 1.82) is 0 Å². The molecule has 214 valence electrons. The van der Waals surface area contributed by atoms with Crippen LogP contribution in [0.3, 0.4) is 0 Å². The van der Waals surface area contributed by atoms with Crippen LogP contribution in [0.15, 0.2) is 59.7 Å². The van der Waals surface area contributed by atoms with Gasteiger partial charge < -0.3 is 14.6 Å². The summed E-state index contributed by atoms with van der Waals surface area (Å²) in [6.45, 7) is 8.20. The standard InChI is InChI=1S/C29H31F4N3O4/c1-4-11-36(18-21-5-8-24(9-6-21)40-29(31,32)33)12-13-39-27-19(2)14-22(15-20(27)3)17-34-35-28(38)23-7-10-26(37)25(30)16-23/h5-10,14-17,37H,4,11-13,18H2,1-3H3,(H,35,38)/b34-17+. The van der Waals surface area contributed by atoms with Gasteiger partial charge in [-0.3, -0.25) is 9.69 Å². The average molecular weight is 562 g/mol. The molecule has 0 heterocycles. The van der Waals surface area contributed by atoms with Crippen molar-refractivity contribution in [3.05, 3.63) is 88.2 Å². The fourth-order valence-electron chi connectivity index (χ4n) is 4.08. The number of benzene rings is 3. The first-order chi connectivity index (χ1) is 18.9. The maximum atomic E-state index is 13.5. The summed E-state index contributed by atoms with van der Waals surface area (Å²) in [5.74, 6) is -1.59. The van der Waals surface area contributed by atoms with Gasteiger partial charge in [0.05, 0.1) is 6.21 Å². The van der Waals surface area contributed by atoms with E-state index in [1.165, 1.54) is 24.4 Å². The van der Waals surface area contributed by atoms with Crippen molar-refractivity contribution < 1.29 is 36.9 Å². The molecule has 0 bridgehead atoms. The monoisotopic (exact) mass is 561 g/mol. The molecule has 0 unspecified atom stereocenters. The van der Waals surface area contributed by atoms with Crippen LogP contribution < -0.4 is 14.9 Å². The van der Waals surface area contributed by atoms with Gasteiger partial charge in [-0.15, -0.1) is 13.2 Å². The van der Waals surface area contributed by atoms with Crippen molar-refractivity contribution in [3.63, 3.8) is 0 Å². The van der Waals surface area contributed by atoms with Crippen LogP contribution in [0, 0.1) is 19.7 Å². The molecule has 2 N–H and O–H groups in total. The van der Waals surface area contributed by atoms with Gasteiger partial charge in [0.15, 0.2) is 11.6 Å². The molecule has 3 aromatic carbocycles. The highest BCUT2D eigenvalue weighted by Gasteiger charge is 2.31. The lowest BCUT2D eigenvalue weighted by Crippen LogP contribution is -2.29. The van der Waals surface area contributed by atoms with Gasteiger partial charge >= 0.3 is 6.36 Å². The van der Waals surface area contributed by atoms with Crippen molar-refractivity contribution in [2.75, 3.05) is 19.7 Å². The van der Waals surface area contributed by atoms with Crippen LogP contribution in [0.1, 0.15) is 46.0 Å². The fourth-order valence-corrected chi connectivity index (χ4v) is 4.08. The van der Waals surface area contributed by atoms with Gasteiger partial charge in [-0.1, -0.05) is 19.1 Å². The van der Waals surface area contributed by atoms with Gasteiger partial charge in [0.1, 0.15) is 18.1 Å². The molecule has 0 fully saturated rings. The first-order valence-corrected chi connectivity index (χ1v) is 12.6. The van der Waals surface area contributed by atoms with Crippen molar-refractivity contribution in [3.8, 4) is 17.2 Å². The molecule has 0 atom stereocenters. The molecule has 0 aromatic heterocycles. The van der Waals surface area contributed by atoms with E-state index in [0.717, 1.165) is 53.1 Å². The lowest BCUT2D eigenvalue weighted by molar-refractivity contribution is -0.274. The van der Waals surface area contributed by atoms with E-state index < -0.39 is 23.8 Å². The third kappa shape index (κ3) is 9.26. The second-order valence-corrected chi connectivity index (χ2v) is 9.17. The lowest BCUT2D eigenvalue weighted by Gasteiger charge is -2.23. The van der Waals surface area contributed by atoms with Gasteiger partial charge in [-0.25, -0.2) is 9.82 Å². The normalized spacial score (nSPS) is 11.7. The zero-order chi connectivity index (χ0) is 29.3. The molecule has 3 rings (SSSR count). The number of aryl methyl sites for hydroxylation is 2. The predicted octanol–water partition coefficient (Wildman–Crippen LogP) is 6.10. The van der Waals surface area contributed by atoms with E-state index in [-0.39, 0.29) is 11.3 Å². The van der Waals surface area contributed by atoms with Crippen molar-refractivity contribution in [1.82, 2.24) is 10.3 Å². The largest absolute Gasteiger partial charge is 0.573 e. The van der Waals surface area contributed by atoms with E-state index in [0.29, 0.717) is 19.7 Å². The molecule has 0 aliphatic carbocycles. The molecule has 0 saturated carbocycles. The molecule has 0 spiro atoms. The van der Waals surface area contributed by atoms with Gasteiger partial charge in [0.2, 0.25) is 0 Å². The Hall–Kier alpha value is -4.12. The first-order valence-electron chi connectivity index (χ1n) is 12.6. The number of phenols is 1. The Morgan fingerprint density at radius 2 is 1.73 bits per heavy atom. The highest BCUT2D eigenvalue weighted by molar-refractivity contribution is 5.95. The van der Waals surface area contributed by atoms with Gasteiger partial charge in [0.25, 0.3) is 5.91 Å². The minimum absolute atomic E-state index is 0.0214. The van der Waals surface area contributed by atoms with E-state index in [1.807, 2.05) is 32.9 Å². The molecule has 0 aliphatic rings. The Labute approximate surface area is 230 Å². The zero-order valence-electron chi connectivity index (χ0n) is 22.4. The average Bonchev–Trinajstić information content (AvgIpc) is 2.87. The van der Waals surface area contributed by atoms with E-state index in [4.69, 9.17) is 4.74 Å². The maximum absolute atomic E-state index is 13.5. The number of nitrogens with one attached hydrogen (secondary N) is 1. The Bertz CT molecular complexity index is 1300. The number of halogens is 4. The number of rotatable bonds is 12. The number of aromatic hydroxyl groups is 1. The Morgan fingerprint density at radius 1 is 1.05 bits per heavy atom. The van der Waals surface area contributed by atoms with Crippen LogP contribution >= 0.6 is 0 Å². The van der Waals surface area contributed by atoms with Crippen LogP contribution in [-0.4, -0.2) is 48.2 Å². The van der Waals surface area contributed by atoms with Crippen LogP contribution in [-0.2, 0) is 6.54 Å². The minimum atomic E-state index is -4.72. The molecule has 0 aliphatic heterocycles. The summed E-state index contributed by atoms with van der Waals surface area (Å²) in [5, 5.41) is 13.2. The number of carbonyl (C=O) groups is 1. The molecular weight excluding hydrogens is 530 g/mol. The lowest BCUT2D eigenvalue weighted by atomic mass is 10.1. The van der Waals surface area contributed by atoms with Crippen LogP contribution in [0.4, 0.5) is 17.6 Å². The Balaban J connectivity index is 1.55. The summed E-state index contributed by atoms with van der Waals surface area (Å²) >= 11 is 0. The SMILES string of the molecule is CCCN(CCOc1c(C)cc(/C=N/NC(=O)c2ccc(O)c(F)c2)cc1C)Cc1ccc(OC(F)(F)F)cc1. The van der Waals surface area contributed by atoms with Crippen molar-refractivity contribution in [2.45, 2.75) is 40.1 Å². The Morgan fingerprint density at radius 3 is 2.33 bits per heavy atom. The molecule has 7 nitrogen and oxygen atoms in total. The van der Waals surface area contributed by atoms with Crippen LogP contribution in [0.25, 0.3) is 0 Å². The fraction of sp³-hybridized carbons (Fsp3) is 0.310. The highest BCUT2D eigenvalue weighted by atomic mass is 19.4. The summed E-state index contributed by atoms with van der Waals surface area (Å²) in [7, 11) is 0. The first kappa shape index (κ1) is 30.4. The highest BCUT2D eigenvalue weighted by Crippen LogP contribution is 2.25.